The zero-order valence-corrected chi connectivity index (χ0v) is 14.3. The number of benzene rings is 1. The minimum atomic E-state index is -4.72. The fraction of sp³-hybridized carbons (Fsp3) is 0.267. The number of H-pyrrole nitrogens is 1. The van der Waals surface area contributed by atoms with Crippen molar-refractivity contribution >= 4 is 29.3 Å². The number of nitrogens with one attached hydrogen (secondary N) is 2. The maximum absolute atomic E-state index is 12.6. The lowest BCUT2D eigenvalue weighted by molar-refractivity contribution is -0.141. The predicted molar refractivity (Wildman–Crippen MR) is 88.7 cm³/mol. The lowest BCUT2D eigenvalue weighted by Gasteiger charge is -2.07. The molecule has 1 aromatic carbocycles. The zero-order valence-electron chi connectivity index (χ0n) is 12.7. The van der Waals surface area contributed by atoms with E-state index in [9.17, 15) is 22.8 Å². The van der Waals surface area contributed by atoms with Gasteiger partial charge in [0.2, 0.25) is 5.91 Å². The molecule has 5 nitrogen and oxygen atoms in total. The van der Waals surface area contributed by atoms with Crippen LogP contribution in [-0.4, -0.2) is 28.2 Å². The number of aromatic nitrogens is 2. The fourth-order valence-corrected chi connectivity index (χ4v) is 2.66. The minimum Gasteiger partial charge on any atom is -0.355 e. The number of nitrogens with zero attached hydrogens (tertiary/aromatic N) is 1. The molecule has 1 heterocycles. The second-order valence-corrected chi connectivity index (χ2v) is 6.35. The second-order valence-electron chi connectivity index (χ2n) is 4.95. The summed E-state index contributed by atoms with van der Waals surface area (Å²) in [6.45, 7) is 0.369. The number of rotatable bonds is 6. The highest BCUT2D eigenvalue weighted by molar-refractivity contribution is 7.99. The van der Waals surface area contributed by atoms with E-state index < -0.39 is 17.4 Å². The van der Waals surface area contributed by atoms with E-state index in [2.05, 4.69) is 15.3 Å². The van der Waals surface area contributed by atoms with Crippen LogP contribution in [0.25, 0.3) is 0 Å². The Morgan fingerprint density at radius 1 is 1.28 bits per heavy atom. The Balaban J connectivity index is 1.82. The lowest BCUT2D eigenvalue weighted by Crippen LogP contribution is -2.27. The number of carbonyl (C=O) groups is 1. The number of thioether (sulfide) groups is 1. The third-order valence-electron chi connectivity index (χ3n) is 3.00. The molecule has 0 bridgehead atoms. The van der Waals surface area contributed by atoms with Crippen LogP contribution in [0.5, 0.6) is 0 Å². The Bertz CT molecular complexity index is 794. The van der Waals surface area contributed by atoms with Crippen molar-refractivity contribution in [3.8, 4) is 0 Å². The van der Waals surface area contributed by atoms with E-state index in [1.807, 2.05) is 12.1 Å². The predicted octanol–water partition coefficient (Wildman–Crippen LogP) is 2.89. The molecule has 0 atom stereocenters. The van der Waals surface area contributed by atoms with Gasteiger partial charge in [-0.3, -0.25) is 9.59 Å². The van der Waals surface area contributed by atoms with Crippen molar-refractivity contribution < 1.29 is 18.0 Å². The number of alkyl halides is 3. The minimum absolute atomic E-state index is 0.162. The molecule has 1 amide bonds. The third-order valence-corrected chi connectivity index (χ3v) is 4.12. The maximum atomic E-state index is 12.6. The average molecular weight is 392 g/mol. The molecule has 0 saturated heterocycles. The average Bonchev–Trinajstić information content (AvgIpc) is 2.53. The first-order valence-electron chi connectivity index (χ1n) is 7.06. The molecule has 0 aliphatic rings. The molecule has 134 valence electrons. The Hall–Kier alpha value is -2.00. The monoisotopic (exact) mass is 391 g/mol. The quantitative estimate of drug-likeness (QED) is 0.586. The molecule has 0 aliphatic heterocycles. The summed E-state index contributed by atoms with van der Waals surface area (Å²) in [5.74, 6) is -0.538. The van der Waals surface area contributed by atoms with Gasteiger partial charge in [0.1, 0.15) is 0 Å². The smallest absolute Gasteiger partial charge is 0.355 e. The Morgan fingerprint density at radius 2 is 1.96 bits per heavy atom. The SMILES string of the molecule is O=C(CSc1nc(C(F)(F)F)cc(=O)[nH]1)NCCc1ccc(Cl)cc1. The van der Waals surface area contributed by atoms with E-state index in [0.717, 1.165) is 17.3 Å². The summed E-state index contributed by atoms with van der Waals surface area (Å²) >= 11 is 6.50. The van der Waals surface area contributed by atoms with Gasteiger partial charge in [0, 0.05) is 17.6 Å². The van der Waals surface area contributed by atoms with Crippen LogP contribution in [0.15, 0.2) is 40.3 Å². The van der Waals surface area contributed by atoms with E-state index in [4.69, 9.17) is 11.6 Å². The van der Waals surface area contributed by atoms with E-state index in [1.54, 1.807) is 12.1 Å². The molecule has 2 rings (SSSR count). The van der Waals surface area contributed by atoms with Crippen molar-refractivity contribution in [1.82, 2.24) is 15.3 Å². The zero-order chi connectivity index (χ0) is 18.4. The molecule has 1 aromatic heterocycles. The van der Waals surface area contributed by atoms with Crippen LogP contribution in [0.1, 0.15) is 11.3 Å². The molecular weight excluding hydrogens is 379 g/mol. The second kappa shape index (κ2) is 8.39. The molecule has 2 N–H and O–H groups in total. The topological polar surface area (TPSA) is 74.8 Å². The van der Waals surface area contributed by atoms with Crippen molar-refractivity contribution in [2.45, 2.75) is 17.8 Å². The van der Waals surface area contributed by atoms with E-state index in [-0.39, 0.29) is 16.8 Å². The summed E-state index contributed by atoms with van der Waals surface area (Å²) < 4.78 is 37.8. The molecule has 0 spiro atoms. The summed E-state index contributed by atoms with van der Waals surface area (Å²) in [5, 5.41) is 3.00. The van der Waals surface area contributed by atoms with Crippen molar-refractivity contribution in [2.24, 2.45) is 0 Å². The fourth-order valence-electron chi connectivity index (χ4n) is 1.83. The summed E-state index contributed by atoms with van der Waals surface area (Å²) in [4.78, 5) is 28.4. The molecule has 0 fully saturated rings. The molecular formula is C15H13ClF3N3O2S. The first-order chi connectivity index (χ1) is 11.7. The normalized spacial score (nSPS) is 11.4. The van der Waals surface area contributed by atoms with Gasteiger partial charge in [-0.25, -0.2) is 4.98 Å². The maximum Gasteiger partial charge on any atom is 0.433 e. The number of amides is 1. The van der Waals surface area contributed by atoms with Crippen LogP contribution in [-0.2, 0) is 17.4 Å². The van der Waals surface area contributed by atoms with Gasteiger partial charge >= 0.3 is 6.18 Å². The Labute approximate surface area is 150 Å². The van der Waals surface area contributed by atoms with E-state index >= 15 is 0 Å². The molecule has 10 heteroatoms. The highest BCUT2D eigenvalue weighted by Gasteiger charge is 2.33. The van der Waals surface area contributed by atoms with Gasteiger partial charge in [-0.15, -0.1) is 0 Å². The number of hydrogen-bond donors (Lipinski definition) is 2. The van der Waals surface area contributed by atoms with E-state index in [0.29, 0.717) is 24.1 Å². The summed E-state index contributed by atoms with van der Waals surface area (Å²) in [7, 11) is 0. The molecule has 0 unspecified atom stereocenters. The highest BCUT2D eigenvalue weighted by atomic mass is 35.5. The van der Waals surface area contributed by atoms with Gasteiger partial charge in [0.15, 0.2) is 10.9 Å². The van der Waals surface area contributed by atoms with Gasteiger partial charge in [-0.2, -0.15) is 13.2 Å². The molecule has 25 heavy (non-hydrogen) atoms. The molecule has 2 aromatic rings. The van der Waals surface area contributed by atoms with Gasteiger partial charge in [-0.1, -0.05) is 35.5 Å². The van der Waals surface area contributed by atoms with Crippen LogP contribution in [0.3, 0.4) is 0 Å². The van der Waals surface area contributed by atoms with Crippen LogP contribution in [0.4, 0.5) is 13.2 Å². The number of carbonyl (C=O) groups excluding carboxylic acids is 1. The number of aromatic amines is 1. The Morgan fingerprint density at radius 3 is 2.60 bits per heavy atom. The summed E-state index contributed by atoms with van der Waals surface area (Å²) in [6.07, 6.45) is -4.13. The lowest BCUT2D eigenvalue weighted by atomic mass is 10.1. The standard InChI is InChI=1S/C15H13ClF3N3O2S/c16-10-3-1-9(2-4-10)5-6-20-13(24)8-25-14-21-11(15(17,18)19)7-12(23)22-14/h1-4,7H,5-6,8H2,(H,20,24)(H,21,22,23). The van der Waals surface area contributed by atoms with Gasteiger partial charge in [0.05, 0.1) is 5.75 Å². The molecule has 0 saturated carbocycles. The van der Waals surface area contributed by atoms with Crippen LogP contribution in [0, 0.1) is 0 Å². The van der Waals surface area contributed by atoms with Gasteiger partial charge in [0.25, 0.3) is 5.56 Å². The van der Waals surface area contributed by atoms with Crippen molar-refractivity contribution in [3.05, 3.63) is 57.0 Å². The van der Waals surface area contributed by atoms with Gasteiger partial charge in [-0.05, 0) is 24.1 Å². The third kappa shape index (κ3) is 6.43. The number of halogens is 4. The van der Waals surface area contributed by atoms with Crippen molar-refractivity contribution in [3.63, 3.8) is 0 Å². The highest BCUT2D eigenvalue weighted by Crippen LogP contribution is 2.27. The number of hydrogen-bond acceptors (Lipinski definition) is 4. The van der Waals surface area contributed by atoms with Crippen molar-refractivity contribution in [1.29, 1.82) is 0 Å². The summed E-state index contributed by atoms with van der Waals surface area (Å²) in [5.41, 5.74) is -1.23. The molecule has 0 radical (unpaired) electrons. The molecule has 0 aliphatic carbocycles. The van der Waals surface area contributed by atoms with Gasteiger partial charge < -0.3 is 10.3 Å². The largest absolute Gasteiger partial charge is 0.433 e. The van der Waals surface area contributed by atoms with Crippen molar-refractivity contribution in [2.75, 3.05) is 12.3 Å². The van der Waals surface area contributed by atoms with Crippen LogP contribution >= 0.6 is 23.4 Å². The van der Waals surface area contributed by atoms with Crippen LogP contribution < -0.4 is 10.9 Å². The van der Waals surface area contributed by atoms with E-state index in [1.165, 1.54) is 0 Å². The Kier molecular flexibility index (Phi) is 6.49. The van der Waals surface area contributed by atoms with Crippen LogP contribution in [0.2, 0.25) is 5.02 Å². The summed E-state index contributed by atoms with van der Waals surface area (Å²) in [6, 6.07) is 7.52. The first kappa shape index (κ1) is 19.3. The first-order valence-corrected chi connectivity index (χ1v) is 8.43.